The van der Waals surface area contributed by atoms with Gasteiger partial charge >= 0.3 is 0 Å². The van der Waals surface area contributed by atoms with E-state index in [2.05, 4.69) is 0 Å². The highest BCUT2D eigenvalue weighted by Gasteiger charge is 2.33. The first kappa shape index (κ1) is 13.8. The molecule has 0 aliphatic heterocycles. The number of carbonyl (C=O) groups excluding carboxylic acids is 1. The van der Waals surface area contributed by atoms with Gasteiger partial charge in [-0.1, -0.05) is 12.8 Å². The molecule has 5 heteroatoms. The van der Waals surface area contributed by atoms with Gasteiger partial charge in [0.1, 0.15) is 5.82 Å². The maximum atomic E-state index is 13.2. The van der Waals surface area contributed by atoms with Crippen molar-refractivity contribution in [1.29, 1.82) is 0 Å². The number of hydrogen-bond acceptors (Lipinski definition) is 3. The maximum Gasteiger partial charge on any atom is 0.255 e. The highest BCUT2D eigenvalue weighted by Crippen LogP contribution is 2.30. The van der Waals surface area contributed by atoms with E-state index in [1.807, 2.05) is 0 Å². The summed E-state index contributed by atoms with van der Waals surface area (Å²) in [6.45, 7) is 0.252. The number of likely N-dealkylation sites (N-methyl/N-ethyl adjacent to an activating group) is 1. The minimum absolute atomic E-state index is 0.143. The van der Waals surface area contributed by atoms with Crippen molar-refractivity contribution in [2.24, 2.45) is 0 Å². The van der Waals surface area contributed by atoms with E-state index < -0.39 is 11.4 Å². The maximum absolute atomic E-state index is 13.2. The highest BCUT2D eigenvalue weighted by atomic mass is 19.1. The molecule has 0 unspecified atom stereocenters. The summed E-state index contributed by atoms with van der Waals surface area (Å²) in [6.07, 6.45) is 3.34. The van der Waals surface area contributed by atoms with Crippen LogP contribution < -0.4 is 5.73 Å². The molecule has 1 aliphatic rings. The number of halogens is 1. The molecular formula is C14H19FN2O2. The van der Waals surface area contributed by atoms with Crippen molar-refractivity contribution in [2.75, 3.05) is 19.3 Å². The van der Waals surface area contributed by atoms with E-state index in [1.165, 1.54) is 17.0 Å². The van der Waals surface area contributed by atoms with Gasteiger partial charge < -0.3 is 15.7 Å². The Kier molecular flexibility index (Phi) is 3.75. The van der Waals surface area contributed by atoms with Crippen LogP contribution in [0.5, 0.6) is 0 Å². The van der Waals surface area contributed by atoms with Crippen LogP contribution in [0.15, 0.2) is 18.2 Å². The number of aliphatic hydroxyl groups is 1. The number of nitrogens with zero attached hydrogens (tertiary/aromatic N) is 1. The second-order valence-electron chi connectivity index (χ2n) is 5.32. The first-order valence-electron chi connectivity index (χ1n) is 6.44. The molecule has 1 amide bonds. The van der Waals surface area contributed by atoms with Gasteiger partial charge in [0, 0.05) is 19.3 Å². The Morgan fingerprint density at radius 2 is 2.11 bits per heavy atom. The zero-order chi connectivity index (χ0) is 14.0. The van der Waals surface area contributed by atoms with Crippen LogP contribution in [0, 0.1) is 5.82 Å². The lowest BCUT2D eigenvalue weighted by Crippen LogP contribution is -2.42. The Morgan fingerprint density at radius 3 is 2.74 bits per heavy atom. The van der Waals surface area contributed by atoms with Gasteiger partial charge in [-0.15, -0.1) is 0 Å². The van der Waals surface area contributed by atoms with Crippen LogP contribution in [0.2, 0.25) is 0 Å². The van der Waals surface area contributed by atoms with Crippen molar-refractivity contribution in [3.8, 4) is 0 Å². The third-order valence-electron chi connectivity index (χ3n) is 3.66. The fraction of sp³-hybridized carbons (Fsp3) is 0.500. The van der Waals surface area contributed by atoms with E-state index >= 15 is 0 Å². The molecule has 4 nitrogen and oxygen atoms in total. The molecule has 1 saturated carbocycles. The predicted molar refractivity (Wildman–Crippen MR) is 71.2 cm³/mol. The molecular weight excluding hydrogens is 247 g/mol. The van der Waals surface area contributed by atoms with Crippen LogP contribution in [0.1, 0.15) is 36.0 Å². The topological polar surface area (TPSA) is 66.6 Å². The number of carbonyl (C=O) groups is 1. The molecule has 1 aromatic rings. The van der Waals surface area contributed by atoms with Crippen molar-refractivity contribution in [1.82, 2.24) is 4.90 Å². The van der Waals surface area contributed by atoms with Crippen molar-refractivity contribution in [3.05, 3.63) is 29.6 Å². The van der Waals surface area contributed by atoms with Crippen molar-refractivity contribution < 1.29 is 14.3 Å². The van der Waals surface area contributed by atoms with Crippen molar-refractivity contribution in [2.45, 2.75) is 31.3 Å². The highest BCUT2D eigenvalue weighted by molar-refractivity contribution is 5.99. The minimum atomic E-state index is -0.813. The molecule has 2 rings (SSSR count). The largest absolute Gasteiger partial charge is 0.398 e. The summed E-state index contributed by atoms with van der Waals surface area (Å²) in [6, 6.07) is 3.73. The summed E-state index contributed by atoms with van der Waals surface area (Å²) in [5.41, 5.74) is 5.27. The summed E-state index contributed by atoms with van der Waals surface area (Å²) in [5.74, 6) is -0.858. The summed E-state index contributed by atoms with van der Waals surface area (Å²) >= 11 is 0. The van der Waals surface area contributed by atoms with Crippen molar-refractivity contribution >= 4 is 11.6 Å². The second-order valence-corrected chi connectivity index (χ2v) is 5.32. The zero-order valence-corrected chi connectivity index (χ0v) is 11.0. The van der Waals surface area contributed by atoms with E-state index in [0.717, 1.165) is 18.9 Å². The summed E-state index contributed by atoms with van der Waals surface area (Å²) in [4.78, 5) is 13.6. The Morgan fingerprint density at radius 1 is 1.47 bits per heavy atom. The minimum Gasteiger partial charge on any atom is -0.398 e. The molecule has 3 N–H and O–H groups in total. The number of hydrogen-bond donors (Lipinski definition) is 2. The fourth-order valence-corrected chi connectivity index (χ4v) is 2.62. The Bertz CT molecular complexity index is 484. The van der Waals surface area contributed by atoms with Crippen LogP contribution in [-0.2, 0) is 0 Å². The van der Waals surface area contributed by atoms with E-state index in [4.69, 9.17) is 5.73 Å². The lowest BCUT2D eigenvalue weighted by atomic mass is 10.0. The number of rotatable bonds is 3. The standard InChI is InChI=1S/C14H19FN2O2/c1-17(9-14(19)6-2-3-7-14)13(18)11-8-10(15)4-5-12(11)16/h4-5,8,19H,2-3,6-7,9,16H2,1H3. The predicted octanol–water partition coefficient (Wildman–Crippen LogP) is 1.78. The summed E-state index contributed by atoms with van der Waals surface area (Å²) in [5, 5.41) is 10.3. The molecule has 0 radical (unpaired) electrons. The van der Waals surface area contributed by atoms with Crippen LogP contribution >= 0.6 is 0 Å². The SMILES string of the molecule is CN(CC1(O)CCCC1)C(=O)c1cc(F)ccc1N. The third kappa shape index (κ3) is 3.04. The Balaban J connectivity index is 2.12. The molecule has 104 valence electrons. The van der Waals surface area contributed by atoms with Gasteiger partial charge in [0.05, 0.1) is 11.2 Å². The molecule has 1 aliphatic carbocycles. The molecule has 0 spiro atoms. The quantitative estimate of drug-likeness (QED) is 0.820. The molecule has 1 fully saturated rings. The van der Waals surface area contributed by atoms with Gasteiger partial charge in [-0.2, -0.15) is 0 Å². The van der Waals surface area contributed by atoms with E-state index in [1.54, 1.807) is 7.05 Å². The van der Waals surface area contributed by atoms with Gasteiger partial charge in [-0.3, -0.25) is 4.79 Å². The average molecular weight is 266 g/mol. The van der Waals surface area contributed by atoms with Gasteiger partial charge in [0.2, 0.25) is 0 Å². The molecule has 0 atom stereocenters. The fourth-order valence-electron chi connectivity index (χ4n) is 2.62. The molecule has 0 aromatic heterocycles. The average Bonchev–Trinajstić information content (AvgIpc) is 2.78. The molecule has 0 saturated heterocycles. The lowest BCUT2D eigenvalue weighted by molar-refractivity contribution is 0.0157. The zero-order valence-electron chi connectivity index (χ0n) is 11.0. The first-order valence-corrected chi connectivity index (χ1v) is 6.44. The van der Waals surface area contributed by atoms with Gasteiger partial charge in [-0.25, -0.2) is 4.39 Å². The molecule has 0 bridgehead atoms. The number of anilines is 1. The van der Waals surface area contributed by atoms with Crippen LogP contribution in [-0.4, -0.2) is 35.1 Å². The van der Waals surface area contributed by atoms with Crippen LogP contribution in [0.3, 0.4) is 0 Å². The van der Waals surface area contributed by atoms with E-state index in [-0.39, 0.29) is 23.7 Å². The number of amides is 1. The van der Waals surface area contributed by atoms with Gasteiger partial charge in [0.15, 0.2) is 0 Å². The lowest BCUT2D eigenvalue weighted by Gasteiger charge is -2.28. The number of nitrogen functional groups attached to an aromatic ring is 1. The second kappa shape index (κ2) is 5.17. The molecule has 0 heterocycles. The third-order valence-corrected chi connectivity index (χ3v) is 3.66. The number of nitrogens with two attached hydrogens (primary N) is 1. The molecule has 1 aromatic carbocycles. The Labute approximate surface area is 112 Å². The number of benzene rings is 1. The van der Waals surface area contributed by atoms with E-state index in [9.17, 15) is 14.3 Å². The van der Waals surface area contributed by atoms with Crippen molar-refractivity contribution in [3.63, 3.8) is 0 Å². The first-order chi connectivity index (χ1) is 8.91. The van der Waals surface area contributed by atoms with Gasteiger partial charge in [-0.05, 0) is 31.0 Å². The smallest absolute Gasteiger partial charge is 0.255 e. The van der Waals surface area contributed by atoms with Crippen LogP contribution in [0.25, 0.3) is 0 Å². The summed E-state index contributed by atoms with van der Waals surface area (Å²) < 4.78 is 13.2. The van der Waals surface area contributed by atoms with Gasteiger partial charge in [0.25, 0.3) is 5.91 Å². The molecule has 19 heavy (non-hydrogen) atoms. The monoisotopic (exact) mass is 266 g/mol. The summed E-state index contributed by atoms with van der Waals surface area (Å²) in [7, 11) is 1.60. The van der Waals surface area contributed by atoms with Crippen LogP contribution in [0.4, 0.5) is 10.1 Å². The van der Waals surface area contributed by atoms with E-state index in [0.29, 0.717) is 12.8 Å². The normalized spacial score (nSPS) is 17.4. The Hall–Kier alpha value is -1.62.